The number of pyridine rings is 1. The molecule has 3 aromatic rings. The van der Waals surface area contributed by atoms with Crippen molar-refractivity contribution in [2.45, 2.75) is 43.2 Å². The van der Waals surface area contributed by atoms with Crippen molar-refractivity contribution in [2.24, 2.45) is 0 Å². The molecular formula is C22H29N3O4S2. The Morgan fingerprint density at radius 3 is 2.52 bits per heavy atom. The summed E-state index contributed by atoms with van der Waals surface area (Å²) >= 11 is 1.88. The van der Waals surface area contributed by atoms with E-state index in [2.05, 4.69) is 52.5 Å². The Morgan fingerprint density at radius 1 is 1.19 bits per heavy atom. The van der Waals surface area contributed by atoms with Crippen LogP contribution in [-0.2, 0) is 32.4 Å². The lowest BCUT2D eigenvalue weighted by Gasteiger charge is -2.50. The maximum atomic E-state index is 9.19. The van der Waals surface area contributed by atoms with Crippen LogP contribution >= 0.6 is 11.3 Å². The van der Waals surface area contributed by atoms with Crippen molar-refractivity contribution in [3.63, 3.8) is 0 Å². The molecule has 1 fully saturated rings. The summed E-state index contributed by atoms with van der Waals surface area (Å²) in [5.41, 5.74) is 3.67. The second-order valence-electron chi connectivity index (χ2n) is 8.61. The van der Waals surface area contributed by atoms with Crippen molar-refractivity contribution in [1.82, 2.24) is 14.9 Å². The molecule has 3 aromatic heterocycles. The van der Waals surface area contributed by atoms with Crippen LogP contribution < -0.4 is 0 Å². The summed E-state index contributed by atoms with van der Waals surface area (Å²) in [5.74, 6) is 0. The number of H-pyrrole nitrogens is 1. The van der Waals surface area contributed by atoms with Gasteiger partial charge in [0.05, 0.1) is 24.1 Å². The van der Waals surface area contributed by atoms with E-state index in [4.69, 9.17) is 9.29 Å². The zero-order chi connectivity index (χ0) is 22.3. The normalized spacial score (nSPS) is 26.0. The van der Waals surface area contributed by atoms with Crippen molar-refractivity contribution >= 4 is 32.5 Å². The SMILES string of the molecule is CN(C)C1(c2cccs2)CCC2(CC1)OCCc1c2[nH]c2ncccc12.CS(=O)(=O)O. The summed E-state index contributed by atoms with van der Waals surface area (Å²) < 4.78 is 32.3. The van der Waals surface area contributed by atoms with E-state index in [1.54, 1.807) is 0 Å². The highest BCUT2D eigenvalue weighted by atomic mass is 32.2. The highest BCUT2D eigenvalue weighted by Gasteiger charge is 2.49. The Labute approximate surface area is 187 Å². The van der Waals surface area contributed by atoms with Crippen molar-refractivity contribution in [2.75, 3.05) is 27.0 Å². The molecular weight excluding hydrogens is 434 g/mol. The second-order valence-corrected chi connectivity index (χ2v) is 11.0. The number of aromatic amines is 1. The van der Waals surface area contributed by atoms with E-state index in [-0.39, 0.29) is 11.1 Å². The average molecular weight is 464 g/mol. The fraction of sp³-hybridized carbons (Fsp3) is 0.500. The molecule has 0 bridgehead atoms. The van der Waals surface area contributed by atoms with E-state index in [0.29, 0.717) is 6.26 Å². The maximum Gasteiger partial charge on any atom is 0.261 e. The number of thiophene rings is 1. The summed E-state index contributed by atoms with van der Waals surface area (Å²) in [4.78, 5) is 12.1. The van der Waals surface area contributed by atoms with Gasteiger partial charge in [-0.05, 0) is 75.3 Å². The molecule has 4 heterocycles. The van der Waals surface area contributed by atoms with E-state index in [1.165, 1.54) is 21.5 Å². The fourth-order valence-corrected chi connectivity index (χ4v) is 6.13. The molecule has 0 amide bonds. The molecule has 1 aliphatic heterocycles. The first-order valence-electron chi connectivity index (χ1n) is 10.4. The number of nitrogens with zero attached hydrogens (tertiary/aromatic N) is 2. The second kappa shape index (κ2) is 8.29. The van der Waals surface area contributed by atoms with E-state index < -0.39 is 10.1 Å². The number of nitrogens with one attached hydrogen (secondary N) is 1. The van der Waals surface area contributed by atoms with Gasteiger partial charge in [-0.3, -0.25) is 9.45 Å². The summed E-state index contributed by atoms with van der Waals surface area (Å²) in [6.45, 7) is 0.808. The predicted octanol–water partition coefficient (Wildman–Crippen LogP) is 3.93. The number of fused-ring (bicyclic) bond motifs is 4. The summed E-state index contributed by atoms with van der Waals surface area (Å²) in [7, 11) is 0.773. The number of hydrogen-bond donors (Lipinski definition) is 2. The Hall–Kier alpha value is -1.78. The number of ether oxygens (including phenoxy) is 1. The smallest absolute Gasteiger partial charge is 0.261 e. The molecule has 5 rings (SSSR count). The first-order valence-corrected chi connectivity index (χ1v) is 13.1. The van der Waals surface area contributed by atoms with E-state index in [1.807, 2.05) is 23.6 Å². The lowest BCUT2D eigenvalue weighted by atomic mass is 9.70. The standard InChI is InChI=1S/C21H25N3OS.CH4O3S/c1-24(2)20(17-6-4-14-26-17)8-10-21(11-9-20)18-15(7-13-25-21)16-5-3-12-22-19(16)23-18;1-5(2,3)4/h3-6,12,14H,7-11,13H2,1-2H3,(H,22,23);1H3,(H,2,3,4). The molecule has 0 aromatic carbocycles. The van der Waals surface area contributed by atoms with Crippen LogP contribution in [0.1, 0.15) is 41.8 Å². The van der Waals surface area contributed by atoms with Crippen LogP contribution in [0.15, 0.2) is 35.8 Å². The summed E-state index contributed by atoms with van der Waals surface area (Å²) in [6.07, 6.45) is 7.88. The number of hydrogen-bond acceptors (Lipinski definition) is 6. The molecule has 2 N–H and O–H groups in total. The minimum Gasteiger partial charge on any atom is -0.368 e. The summed E-state index contributed by atoms with van der Waals surface area (Å²) in [5, 5.41) is 3.47. The molecule has 0 unspecified atom stereocenters. The van der Waals surface area contributed by atoms with Gasteiger partial charge in [0.1, 0.15) is 11.2 Å². The van der Waals surface area contributed by atoms with Gasteiger partial charge in [-0.25, -0.2) is 4.98 Å². The van der Waals surface area contributed by atoms with Crippen molar-refractivity contribution < 1.29 is 17.7 Å². The van der Waals surface area contributed by atoms with Crippen molar-refractivity contribution in [1.29, 1.82) is 0 Å². The highest BCUT2D eigenvalue weighted by Crippen LogP contribution is 2.52. The van der Waals surface area contributed by atoms with Crippen molar-refractivity contribution in [3.8, 4) is 0 Å². The molecule has 1 saturated carbocycles. The fourth-order valence-electron chi connectivity index (χ4n) is 5.07. The van der Waals surface area contributed by atoms with Gasteiger partial charge in [0, 0.05) is 16.5 Å². The van der Waals surface area contributed by atoms with Crippen LogP contribution in [0.3, 0.4) is 0 Å². The lowest BCUT2D eigenvalue weighted by molar-refractivity contribution is -0.113. The van der Waals surface area contributed by atoms with Crippen LogP contribution in [0, 0.1) is 0 Å². The maximum absolute atomic E-state index is 9.19. The molecule has 168 valence electrons. The van der Waals surface area contributed by atoms with Gasteiger partial charge >= 0.3 is 0 Å². The lowest BCUT2D eigenvalue weighted by Crippen LogP contribution is -2.49. The minimum atomic E-state index is -3.67. The molecule has 0 saturated heterocycles. The predicted molar refractivity (Wildman–Crippen MR) is 123 cm³/mol. The topological polar surface area (TPSA) is 95.5 Å². The van der Waals surface area contributed by atoms with Crippen molar-refractivity contribution in [3.05, 3.63) is 52.0 Å². The van der Waals surface area contributed by atoms with Gasteiger partial charge in [-0.15, -0.1) is 11.3 Å². The third-order valence-electron chi connectivity index (χ3n) is 6.58. The first-order chi connectivity index (χ1) is 14.6. The van der Waals surface area contributed by atoms with E-state index in [9.17, 15) is 8.42 Å². The first kappa shape index (κ1) is 22.4. The van der Waals surface area contributed by atoms with Gasteiger partial charge < -0.3 is 9.72 Å². The Kier molecular flexibility index (Phi) is 5.99. The van der Waals surface area contributed by atoms with Crippen LogP contribution in [0.4, 0.5) is 0 Å². The van der Waals surface area contributed by atoms with Gasteiger partial charge in [0.15, 0.2) is 0 Å². The Balaban J connectivity index is 0.000000418. The molecule has 0 atom stereocenters. The Bertz CT molecular complexity index is 1140. The summed E-state index contributed by atoms with van der Waals surface area (Å²) in [6, 6.07) is 8.69. The van der Waals surface area contributed by atoms with Gasteiger partial charge in [-0.2, -0.15) is 8.42 Å². The van der Waals surface area contributed by atoms with E-state index in [0.717, 1.165) is 44.4 Å². The van der Waals surface area contributed by atoms with E-state index >= 15 is 0 Å². The third kappa shape index (κ3) is 4.29. The minimum absolute atomic E-state index is 0.130. The van der Waals surface area contributed by atoms with Crippen LogP contribution in [0.2, 0.25) is 0 Å². The monoisotopic (exact) mass is 463 g/mol. The molecule has 7 nitrogen and oxygen atoms in total. The quantitative estimate of drug-likeness (QED) is 0.559. The van der Waals surface area contributed by atoms with Gasteiger partial charge in [0.25, 0.3) is 10.1 Å². The average Bonchev–Trinajstić information content (AvgIpc) is 3.37. The van der Waals surface area contributed by atoms with Crippen LogP contribution in [0.25, 0.3) is 11.0 Å². The number of aromatic nitrogens is 2. The molecule has 31 heavy (non-hydrogen) atoms. The number of rotatable bonds is 2. The molecule has 9 heteroatoms. The highest BCUT2D eigenvalue weighted by molar-refractivity contribution is 7.85. The Morgan fingerprint density at radius 2 is 1.90 bits per heavy atom. The molecule has 0 radical (unpaired) electrons. The van der Waals surface area contributed by atoms with Gasteiger partial charge in [0.2, 0.25) is 0 Å². The van der Waals surface area contributed by atoms with Gasteiger partial charge in [-0.1, -0.05) is 6.07 Å². The molecule has 1 aliphatic carbocycles. The molecule has 1 spiro atoms. The zero-order valence-electron chi connectivity index (χ0n) is 18.1. The largest absolute Gasteiger partial charge is 0.368 e. The van der Waals surface area contributed by atoms with Crippen LogP contribution in [0.5, 0.6) is 0 Å². The molecule has 2 aliphatic rings. The van der Waals surface area contributed by atoms with Crippen LogP contribution in [-0.4, -0.2) is 54.8 Å². The third-order valence-corrected chi connectivity index (χ3v) is 7.65. The zero-order valence-corrected chi connectivity index (χ0v) is 19.7.